The third-order valence-corrected chi connectivity index (χ3v) is 3.42. The lowest BCUT2D eigenvalue weighted by atomic mass is 10.3. The first kappa shape index (κ1) is 14.9. The average Bonchev–Trinajstić information content (AvgIpc) is 2.75. The molecule has 3 N–H and O–H groups in total. The summed E-state index contributed by atoms with van der Waals surface area (Å²) in [4.78, 5) is 11.9. The van der Waals surface area contributed by atoms with E-state index in [1.807, 2.05) is 0 Å². The Kier molecular flexibility index (Phi) is 4.05. The van der Waals surface area contributed by atoms with Crippen molar-refractivity contribution < 1.29 is 17.6 Å². The number of nitrogens with one attached hydrogen (secondary N) is 1. The number of anilines is 1. The van der Waals surface area contributed by atoms with E-state index < -0.39 is 21.0 Å². The highest BCUT2D eigenvalue weighted by molar-refractivity contribution is 7.89. The number of benzene rings is 1. The number of halogens is 2. The van der Waals surface area contributed by atoms with Crippen molar-refractivity contribution in [2.45, 2.75) is 5.09 Å². The second-order valence-corrected chi connectivity index (χ2v) is 6.14. The summed E-state index contributed by atoms with van der Waals surface area (Å²) in [5, 5.41) is 7.54. The molecule has 20 heavy (non-hydrogen) atoms. The summed E-state index contributed by atoms with van der Waals surface area (Å²) in [6.07, 6.45) is 0. The number of furan rings is 1. The molecule has 6 nitrogen and oxygen atoms in total. The van der Waals surface area contributed by atoms with E-state index in [0.717, 1.165) is 6.07 Å². The topological polar surface area (TPSA) is 102 Å². The SMILES string of the molecule is NS(=O)(=O)c1ccc(C(=O)Nc2cc(Cl)cc(Cl)c2)o1. The first-order valence-corrected chi connectivity index (χ1v) is 7.46. The van der Waals surface area contributed by atoms with E-state index in [-0.39, 0.29) is 5.76 Å². The fraction of sp³-hybridized carbons (Fsp3) is 0. The number of nitrogens with two attached hydrogens (primary N) is 1. The van der Waals surface area contributed by atoms with Crippen LogP contribution in [0.2, 0.25) is 10.0 Å². The van der Waals surface area contributed by atoms with Gasteiger partial charge in [0.1, 0.15) is 0 Å². The van der Waals surface area contributed by atoms with Crippen LogP contribution in [0.1, 0.15) is 10.6 Å². The molecule has 0 aliphatic heterocycles. The van der Waals surface area contributed by atoms with Gasteiger partial charge in [-0.25, -0.2) is 13.6 Å². The van der Waals surface area contributed by atoms with Crippen LogP contribution in [0.15, 0.2) is 39.8 Å². The Labute approximate surface area is 124 Å². The first-order chi connectivity index (χ1) is 9.25. The minimum atomic E-state index is -3.99. The van der Waals surface area contributed by atoms with E-state index in [0.29, 0.717) is 15.7 Å². The summed E-state index contributed by atoms with van der Waals surface area (Å²) < 4.78 is 26.9. The Balaban J connectivity index is 2.22. The lowest BCUT2D eigenvalue weighted by Gasteiger charge is -2.04. The zero-order chi connectivity index (χ0) is 14.9. The van der Waals surface area contributed by atoms with E-state index in [4.69, 9.17) is 32.8 Å². The molecule has 2 rings (SSSR count). The minimum absolute atomic E-state index is 0.204. The van der Waals surface area contributed by atoms with Gasteiger partial charge >= 0.3 is 0 Å². The van der Waals surface area contributed by atoms with Crippen molar-refractivity contribution in [2.24, 2.45) is 5.14 Å². The number of hydrogen-bond donors (Lipinski definition) is 2. The number of carbonyl (C=O) groups is 1. The molecule has 0 atom stereocenters. The molecule has 0 saturated carbocycles. The highest BCUT2D eigenvalue weighted by atomic mass is 35.5. The van der Waals surface area contributed by atoms with Gasteiger partial charge in [0.15, 0.2) is 5.76 Å². The summed E-state index contributed by atoms with van der Waals surface area (Å²) in [6, 6.07) is 6.75. The van der Waals surface area contributed by atoms with Crippen molar-refractivity contribution >= 4 is 44.8 Å². The molecule has 2 aromatic rings. The van der Waals surface area contributed by atoms with Crippen LogP contribution in [0.25, 0.3) is 0 Å². The predicted molar refractivity (Wildman–Crippen MR) is 74.5 cm³/mol. The van der Waals surface area contributed by atoms with E-state index >= 15 is 0 Å². The van der Waals surface area contributed by atoms with Gasteiger partial charge in [-0.2, -0.15) is 0 Å². The molecule has 0 radical (unpaired) electrons. The lowest BCUT2D eigenvalue weighted by Crippen LogP contribution is -2.12. The fourth-order valence-corrected chi connectivity index (χ4v) is 2.40. The molecular weight excluding hydrogens is 327 g/mol. The molecule has 0 bridgehead atoms. The number of rotatable bonds is 3. The molecule has 0 unspecified atom stereocenters. The van der Waals surface area contributed by atoms with Crippen molar-refractivity contribution in [3.05, 3.63) is 46.1 Å². The Morgan fingerprint density at radius 3 is 2.25 bits per heavy atom. The molecule has 1 amide bonds. The van der Waals surface area contributed by atoms with Crippen LogP contribution in [0, 0.1) is 0 Å². The molecule has 0 saturated heterocycles. The summed E-state index contributed by atoms with van der Waals surface area (Å²) in [5.74, 6) is -0.858. The Morgan fingerprint density at radius 2 is 1.75 bits per heavy atom. The van der Waals surface area contributed by atoms with Crippen molar-refractivity contribution in [2.75, 3.05) is 5.32 Å². The van der Waals surface area contributed by atoms with Crippen molar-refractivity contribution in [3.63, 3.8) is 0 Å². The molecule has 1 aromatic carbocycles. The van der Waals surface area contributed by atoms with Gasteiger partial charge in [0.2, 0.25) is 5.09 Å². The summed E-state index contributed by atoms with van der Waals surface area (Å²) in [6.45, 7) is 0. The number of carbonyl (C=O) groups excluding carboxylic acids is 1. The molecule has 106 valence electrons. The summed E-state index contributed by atoms with van der Waals surface area (Å²) in [5.41, 5.74) is 0.348. The van der Waals surface area contributed by atoms with Gasteiger partial charge in [0.25, 0.3) is 15.9 Å². The Bertz CT molecular complexity index is 750. The van der Waals surface area contributed by atoms with Crippen LogP contribution in [0.3, 0.4) is 0 Å². The molecule has 9 heteroatoms. The van der Waals surface area contributed by atoms with Gasteiger partial charge in [-0.05, 0) is 30.3 Å². The number of primary sulfonamides is 1. The molecule has 0 spiro atoms. The Hall–Kier alpha value is -1.54. The molecular formula is C11H8Cl2N2O4S. The third kappa shape index (κ3) is 3.51. The largest absolute Gasteiger partial charge is 0.438 e. The van der Waals surface area contributed by atoms with Gasteiger partial charge in [-0.15, -0.1) is 0 Å². The lowest BCUT2D eigenvalue weighted by molar-refractivity contribution is 0.0991. The quantitative estimate of drug-likeness (QED) is 0.899. The smallest absolute Gasteiger partial charge is 0.291 e. The van der Waals surface area contributed by atoms with Crippen LogP contribution in [-0.2, 0) is 10.0 Å². The Morgan fingerprint density at radius 1 is 1.15 bits per heavy atom. The van der Waals surface area contributed by atoms with Gasteiger partial charge in [0, 0.05) is 15.7 Å². The predicted octanol–water partition coefficient (Wildman–Crippen LogP) is 2.49. The van der Waals surface area contributed by atoms with Gasteiger partial charge in [-0.3, -0.25) is 4.79 Å². The van der Waals surface area contributed by atoms with Crippen molar-refractivity contribution in [1.29, 1.82) is 0 Å². The van der Waals surface area contributed by atoms with Gasteiger partial charge in [0.05, 0.1) is 0 Å². The van der Waals surface area contributed by atoms with Gasteiger partial charge < -0.3 is 9.73 Å². The first-order valence-electron chi connectivity index (χ1n) is 5.16. The van der Waals surface area contributed by atoms with Gasteiger partial charge in [-0.1, -0.05) is 23.2 Å². The van der Waals surface area contributed by atoms with Crippen LogP contribution < -0.4 is 10.5 Å². The summed E-state index contributed by atoms with van der Waals surface area (Å²) >= 11 is 11.6. The standard InChI is InChI=1S/C11H8Cl2N2O4S/c12-6-3-7(13)5-8(4-6)15-11(16)9-1-2-10(19-9)20(14,17)18/h1-5H,(H,15,16)(H2,14,17,18). The maximum Gasteiger partial charge on any atom is 0.291 e. The molecule has 1 heterocycles. The maximum absolute atomic E-state index is 11.9. The fourth-order valence-electron chi connectivity index (χ4n) is 1.41. The number of hydrogen-bond acceptors (Lipinski definition) is 4. The van der Waals surface area contributed by atoms with E-state index in [1.54, 1.807) is 0 Å². The molecule has 0 aliphatic rings. The second kappa shape index (κ2) is 5.45. The molecule has 0 aliphatic carbocycles. The molecule has 0 fully saturated rings. The van der Waals surface area contributed by atoms with Crippen LogP contribution in [0.4, 0.5) is 5.69 Å². The second-order valence-electron chi connectivity index (χ2n) is 3.78. The monoisotopic (exact) mass is 334 g/mol. The molecule has 1 aromatic heterocycles. The zero-order valence-electron chi connectivity index (χ0n) is 9.76. The number of amides is 1. The maximum atomic E-state index is 11.9. The van der Waals surface area contributed by atoms with Crippen LogP contribution in [-0.4, -0.2) is 14.3 Å². The van der Waals surface area contributed by atoms with Crippen LogP contribution >= 0.6 is 23.2 Å². The van der Waals surface area contributed by atoms with E-state index in [1.165, 1.54) is 24.3 Å². The highest BCUT2D eigenvalue weighted by Crippen LogP contribution is 2.23. The van der Waals surface area contributed by atoms with E-state index in [2.05, 4.69) is 5.32 Å². The minimum Gasteiger partial charge on any atom is -0.438 e. The van der Waals surface area contributed by atoms with Crippen molar-refractivity contribution in [1.82, 2.24) is 0 Å². The van der Waals surface area contributed by atoms with Crippen molar-refractivity contribution in [3.8, 4) is 0 Å². The highest BCUT2D eigenvalue weighted by Gasteiger charge is 2.17. The van der Waals surface area contributed by atoms with E-state index in [9.17, 15) is 13.2 Å². The normalized spacial score (nSPS) is 11.3. The summed E-state index contributed by atoms with van der Waals surface area (Å²) in [7, 11) is -3.99. The number of sulfonamides is 1. The van der Waals surface area contributed by atoms with Crippen LogP contribution in [0.5, 0.6) is 0 Å². The average molecular weight is 335 g/mol. The zero-order valence-corrected chi connectivity index (χ0v) is 12.1. The third-order valence-electron chi connectivity index (χ3n) is 2.21.